The lowest BCUT2D eigenvalue weighted by molar-refractivity contribution is 0.0967. The van der Waals surface area contributed by atoms with Gasteiger partial charge in [0.25, 0.3) is 11.5 Å². The van der Waals surface area contributed by atoms with Crippen LogP contribution in [0.1, 0.15) is 21.6 Å². The Hall–Kier alpha value is -4.27. The fourth-order valence-corrected chi connectivity index (χ4v) is 3.53. The summed E-state index contributed by atoms with van der Waals surface area (Å²) in [6.45, 7) is 3.73. The van der Waals surface area contributed by atoms with E-state index in [2.05, 4.69) is 20.7 Å². The highest BCUT2D eigenvalue weighted by molar-refractivity contribution is 6.08. The zero-order valence-electron chi connectivity index (χ0n) is 18.1. The highest BCUT2D eigenvalue weighted by atomic mass is 16.2. The molecule has 0 aliphatic rings. The van der Waals surface area contributed by atoms with Crippen LogP contribution in [0.3, 0.4) is 0 Å². The van der Waals surface area contributed by atoms with Gasteiger partial charge in [0.1, 0.15) is 5.82 Å². The molecular formula is C23H22N6O3. The van der Waals surface area contributed by atoms with Crippen LogP contribution in [0.15, 0.2) is 53.6 Å². The van der Waals surface area contributed by atoms with Crippen molar-refractivity contribution in [2.24, 2.45) is 14.1 Å². The quantitative estimate of drug-likeness (QED) is 0.519. The van der Waals surface area contributed by atoms with Crippen LogP contribution in [-0.4, -0.2) is 31.3 Å². The molecule has 0 radical (unpaired) electrons. The average Bonchev–Trinajstić information content (AvgIpc) is 3.15. The summed E-state index contributed by atoms with van der Waals surface area (Å²) < 4.78 is 3.05. The molecule has 9 heteroatoms. The number of anilines is 1. The molecule has 0 fully saturated rings. The zero-order chi connectivity index (χ0) is 23.0. The molecule has 1 aromatic carbocycles. The van der Waals surface area contributed by atoms with Crippen molar-refractivity contribution < 1.29 is 9.59 Å². The van der Waals surface area contributed by atoms with Crippen molar-refractivity contribution in [1.82, 2.24) is 24.6 Å². The first-order valence-electron chi connectivity index (χ1n) is 9.92. The number of carbonyl (C=O) groups is 2. The molecule has 4 aromatic rings. The number of fused-ring (bicyclic) bond motifs is 1. The minimum absolute atomic E-state index is 0.183. The number of pyridine rings is 2. The Kier molecular flexibility index (Phi) is 5.31. The van der Waals surface area contributed by atoms with Gasteiger partial charge < -0.3 is 4.57 Å². The highest BCUT2D eigenvalue weighted by Crippen LogP contribution is 2.25. The van der Waals surface area contributed by atoms with Crippen molar-refractivity contribution in [3.05, 3.63) is 76.0 Å². The number of benzene rings is 1. The highest BCUT2D eigenvalue weighted by Gasteiger charge is 2.16. The van der Waals surface area contributed by atoms with Gasteiger partial charge in [-0.15, -0.1) is 0 Å². The summed E-state index contributed by atoms with van der Waals surface area (Å²) in [6.07, 6.45) is 3.26. The maximum atomic E-state index is 13.1. The topological polar surface area (TPSA) is 111 Å². The predicted octanol–water partition coefficient (Wildman–Crippen LogP) is 2.91. The van der Waals surface area contributed by atoms with Crippen molar-refractivity contribution in [1.29, 1.82) is 0 Å². The van der Waals surface area contributed by atoms with Gasteiger partial charge in [-0.3, -0.25) is 29.9 Å². The maximum absolute atomic E-state index is 13.1. The summed E-state index contributed by atoms with van der Waals surface area (Å²) in [7, 11) is 3.38. The second-order valence-corrected chi connectivity index (χ2v) is 7.58. The van der Waals surface area contributed by atoms with Crippen LogP contribution in [0.25, 0.3) is 22.0 Å². The fraction of sp³-hybridized carbons (Fsp3) is 0.174. The maximum Gasteiger partial charge on any atom is 0.327 e. The molecular weight excluding hydrogens is 408 g/mol. The molecule has 3 aromatic heterocycles. The summed E-state index contributed by atoms with van der Waals surface area (Å²) in [5.41, 5.74) is 3.58. The lowest BCUT2D eigenvalue weighted by Gasteiger charge is -2.13. The van der Waals surface area contributed by atoms with Crippen molar-refractivity contribution >= 4 is 28.7 Å². The molecule has 0 bridgehead atoms. The molecule has 4 rings (SSSR count). The number of aromatic nitrogens is 4. The number of nitrogens with one attached hydrogen (secondary N) is 2. The van der Waals surface area contributed by atoms with Gasteiger partial charge in [-0.1, -0.05) is 6.07 Å². The Morgan fingerprint density at radius 2 is 1.78 bits per heavy atom. The number of aryl methyl sites for hydroxylation is 4. The minimum Gasteiger partial charge on any atom is -0.311 e. The lowest BCUT2D eigenvalue weighted by atomic mass is 9.97. The van der Waals surface area contributed by atoms with Gasteiger partial charge in [-0.25, -0.2) is 4.79 Å². The fourth-order valence-electron chi connectivity index (χ4n) is 3.53. The molecule has 0 spiro atoms. The molecule has 0 aliphatic carbocycles. The van der Waals surface area contributed by atoms with E-state index in [1.54, 1.807) is 55.2 Å². The number of urea groups is 1. The minimum atomic E-state index is -0.677. The van der Waals surface area contributed by atoms with Gasteiger partial charge in [0.05, 0.1) is 11.7 Å². The molecule has 0 unspecified atom stereocenters. The van der Waals surface area contributed by atoms with Crippen LogP contribution in [0.5, 0.6) is 0 Å². The smallest absolute Gasteiger partial charge is 0.311 e. The van der Waals surface area contributed by atoms with Crippen LogP contribution in [0.4, 0.5) is 10.6 Å². The largest absolute Gasteiger partial charge is 0.327 e. The molecule has 3 heterocycles. The Morgan fingerprint density at radius 1 is 1.00 bits per heavy atom. The lowest BCUT2D eigenvalue weighted by Crippen LogP contribution is -2.34. The van der Waals surface area contributed by atoms with Crippen molar-refractivity contribution in [2.45, 2.75) is 13.8 Å². The number of amides is 3. The van der Waals surface area contributed by atoms with E-state index >= 15 is 0 Å². The van der Waals surface area contributed by atoms with Crippen LogP contribution < -0.4 is 16.2 Å². The second-order valence-electron chi connectivity index (χ2n) is 7.58. The molecule has 9 nitrogen and oxygen atoms in total. The standard InChI is InChI=1S/C23H22N6O3/c1-13-5-6-15(21(30)27-23(32)26-20-7-8-25-29(20)4)10-17(13)18-11-16-12-24-14(2)9-19(16)28(3)22(18)31/h5-12H,1-4H3,(H2,26,27,30,32). The first-order chi connectivity index (χ1) is 15.2. The molecule has 3 amide bonds. The van der Waals surface area contributed by atoms with E-state index in [1.807, 2.05) is 19.9 Å². The van der Waals surface area contributed by atoms with Gasteiger partial charge in [0.15, 0.2) is 0 Å². The van der Waals surface area contributed by atoms with E-state index in [0.29, 0.717) is 16.9 Å². The van der Waals surface area contributed by atoms with E-state index in [0.717, 1.165) is 22.2 Å². The monoisotopic (exact) mass is 430 g/mol. The number of rotatable bonds is 3. The number of carbonyl (C=O) groups excluding carboxylic acids is 2. The Bertz CT molecular complexity index is 1430. The van der Waals surface area contributed by atoms with E-state index in [9.17, 15) is 14.4 Å². The van der Waals surface area contributed by atoms with Crippen molar-refractivity contribution in [2.75, 3.05) is 5.32 Å². The first kappa shape index (κ1) is 21.0. The Balaban J connectivity index is 1.67. The number of hydrogen-bond donors (Lipinski definition) is 2. The Morgan fingerprint density at radius 3 is 2.50 bits per heavy atom. The molecule has 0 saturated carbocycles. The molecule has 0 aliphatic heterocycles. The van der Waals surface area contributed by atoms with Crippen LogP contribution in [0.2, 0.25) is 0 Å². The first-order valence-corrected chi connectivity index (χ1v) is 9.92. The van der Waals surface area contributed by atoms with E-state index in [1.165, 1.54) is 10.9 Å². The third-order valence-electron chi connectivity index (χ3n) is 5.32. The second kappa shape index (κ2) is 8.10. The molecule has 32 heavy (non-hydrogen) atoms. The summed E-state index contributed by atoms with van der Waals surface area (Å²) in [6, 6.07) is 9.55. The van der Waals surface area contributed by atoms with Crippen molar-refractivity contribution in [3.8, 4) is 11.1 Å². The van der Waals surface area contributed by atoms with Gasteiger partial charge in [-0.05, 0) is 49.2 Å². The summed E-state index contributed by atoms with van der Waals surface area (Å²) in [5.74, 6) is -0.135. The summed E-state index contributed by atoms with van der Waals surface area (Å²) in [5, 5.41) is 9.63. The third kappa shape index (κ3) is 3.87. The normalized spacial score (nSPS) is 10.9. The van der Waals surface area contributed by atoms with Gasteiger partial charge in [0.2, 0.25) is 0 Å². The predicted molar refractivity (Wildman–Crippen MR) is 122 cm³/mol. The van der Waals surface area contributed by atoms with E-state index in [-0.39, 0.29) is 11.1 Å². The van der Waals surface area contributed by atoms with Gasteiger partial charge >= 0.3 is 6.03 Å². The Labute approximate surface area is 183 Å². The molecule has 0 saturated heterocycles. The van der Waals surface area contributed by atoms with Crippen LogP contribution >= 0.6 is 0 Å². The van der Waals surface area contributed by atoms with Crippen LogP contribution in [-0.2, 0) is 14.1 Å². The summed E-state index contributed by atoms with van der Waals surface area (Å²) >= 11 is 0. The zero-order valence-corrected chi connectivity index (χ0v) is 18.1. The van der Waals surface area contributed by atoms with E-state index < -0.39 is 11.9 Å². The molecule has 0 atom stereocenters. The molecule has 2 N–H and O–H groups in total. The average molecular weight is 430 g/mol. The third-order valence-corrected chi connectivity index (χ3v) is 5.32. The number of hydrogen-bond acceptors (Lipinski definition) is 5. The van der Waals surface area contributed by atoms with Crippen LogP contribution in [0, 0.1) is 13.8 Å². The van der Waals surface area contributed by atoms with Crippen molar-refractivity contribution in [3.63, 3.8) is 0 Å². The summed E-state index contributed by atoms with van der Waals surface area (Å²) in [4.78, 5) is 42.3. The number of imide groups is 1. The molecule has 162 valence electrons. The van der Waals surface area contributed by atoms with Gasteiger partial charge in [0, 0.05) is 48.6 Å². The number of nitrogens with zero attached hydrogens (tertiary/aromatic N) is 4. The van der Waals surface area contributed by atoms with Gasteiger partial charge in [-0.2, -0.15) is 5.10 Å². The SMILES string of the molecule is Cc1cc2c(cn1)cc(-c1cc(C(=O)NC(=O)Nc3ccnn3C)ccc1C)c(=O)n2C. The van der Waals surface area contributed by atoms with E-state index in [4.69, 9.17) is 0 Å².